The molecule has 0 saturated carbocycles. The number of aryl methyl sites for hydroxylation is 1. The molecule has 3 aromatic carbocycles. The van der Waals surface area contributed by atoms with Gasteiger partial charge in [-0.05, 0) is 57.3 Å². The van der Waals surface area contributed by atoms with E-state index in [4.69, 9.17) is 16.6 Å². The van der Waals surface area contributed by atoms with Crippen molar-refractivity contribution in [2.45, 2.75) is 45.2 Å². The van der Waals surface area contributed by atoms with Gasteiger partial charge < -0.3 is 14.6 Å². The van der Waals surface area contributed by atoms with Crippen molar-refractivity contribution in [2.75, 3.05) is 6.54 Å². The molecule has 0 fully saturated rings. The van der Waals surface area contributed by atoms with Crippen LogP contribution in [0.4, 0.5) is 0 Å². The van der Waals surface area contributed by atoms with Crippen LogP contribution in [0.1, 0.15) is 54.1 Å². The molecule has 5 aromatic rings. The molecule has 1 unspecified atom stereocenters. The fourth-order valence-corrected chi connectivity index (χ4v) is 6.37. The van der Waals surface area contributed by atoms with Crippen molar-refractivity contribution in [3.8, 4) is 22.5 Å². The summed E-state index contributed by atoms with van der Waals surface area (Å²) in [6.45, 7) is 3.18. The van der Waals surface area contributed by atoms with Gasteiger partial charge in [0.2, 0.25) is 0 Å². The topological polar surface area (TPSA) is 113 Å². The zero-order valence-corrected chi connectivity index (χ0v) is 24.4. The number of nitrogens with one attached hydrogen (secondary N) is 1. The van der Waals surface area contributed by atoms with E-state index in [2.05, 4.69) is 62.4 Å². The van der Waals surface area contributed by atoms with Crippen LogP contribution in [0.25, 0.3) is 28.1 Å². The predicted molar refractivity (Wildman–Crippen MR) is 178 cm³/mol. The summed E-state index contributed by atoms with van der Waals surface area (Å²) >= 11 is 6.11. The Kier molecular flexibility index (Phi) is 10.7. The maximum absolute atomic E-state index is 13.7. The van der Waals surface area contributed by atoms with E-state index < -0.39 is 6.04 Å². The first-order valence-electron chi connectivity index (χ1n) is 14.5. The Morgan fingerprint density at radius 3 is 2.49 bits per heavy atom. The number of unbranched alkanes of at least 4 members (excludes halogenated alkanes) is 1. The minimum absolute atomic E-state index is 0. The van der Waals surface area contributed by atoms with Gasteiger partial charge in [0.25, 0.3) is 5.91 Å². The van der Waals surface area contributed by atoms with Crippen LogP contribution in [0.5, 0.6) is 0 Å². The number of hydrogen-bond acceptors (Lipinski definition) is 6. The Labute approximate surface area is 310 Å². The van der Waals surface area contributed by atoms with Crippen LogP contribution in [0, 0.1) is 0 Å². The van der Waals surface area contributed by atoms with Crippen LogP contribution in [0.2, 0.25) is 5.02 Å². The second-order valence-corrected chi connectivity index (χ2v) is 11.4. The number of carbonyl (C=O) groups is 1. The van der Waals surface area contributed by atoms with Gasteiger partial charge in [-0.15, -0.1) is 5.10 Å². The Balaban J connectivity index is 0.00000200. The van der Waals surface area contributed by atoms with E-state index in [1.807, 2.05) is 18.2 Å². The predicted octanol–water partition coefficient (Wildman–Crippen LogP) is 4.89. The third kappa shape index (κ3) is 6.32. The second-order valence-electron chi connectivity index (χ2n) is 11.0. The number of imidazole rings is 1. The summed E-state index contributed by atoms with van der Waals surface area (Å²) in [4.78, 5) is 20.5. The monoisotopic (exact) mass is 639 g/mol. The zero-order valence-electron chi connectivity index (χ0n) is 23.7. The molecule has 0 saturated heterocycles. The van der Waals surface area contributed by atoms with Crippen molar-refractivity contribution in [3.63, 3.8) is 0 Å². The summed E-state index contributed by atoms with van der Waals surface area (Å²) in [5.41, 5.74) is 6.80. The molecule has 12 heteroatoms. The van der Waals surface area contributed by atoms with E-state index in [0.29, 0.717) is 41.5 Å². The molecule has 7 rings (SSSR count). The number of hydrogen-bond donors (Lipinski definition) is 2. The first-order chi connectivity index (χ1) is 21.0. The fraction of sp³-hybridized carbons (Fsp3) is 0.242. The van der Waals surface area contributed by atoms with Crippen molar-refractivity contribution >= 4 is 82.2 Å². The number of aliphatic hydroxyl groups excluding tert-OH is 1. The van der Waals surface area contributed by atoms with Crippen LogP contribution >= 0.6 is 11.6 Å². The quantitative estimate of drug-likeness (QED) is 0.234. The van der Waals surface area contributed by atoms with Gasteiger partial charge in [-0.3, -0.25) is 4.79 Å². The number of aromatic nitrogens is 6. The molecule has 1 amide bonds. The van der Waals surface area contributed by atoms with Gasteiger partial charge >= 0.3 is 59.1 Å². The number of amides is 1. The van der Waals surface area contributed by atoms with Crippen molar-refractivity contribution in [2.24, 2.45) is 0 Å². The number of H-pyrrole nitrogens is 1. The molecule has 2 aliphatic rings. The van der Waals surface area contributed by atoms with Gasteiger partial charge in [0, 0.05) is 36.5 Å². The van der Waals surface area contributed by atoms with Crippen molar-refractivity contribution in [1.82, 2.24) is 35.1 Å². The van der Waals surface area contributed by atoms with Crippen LogP contribution in [-0.2, 0) is 24.2 Å². The number of aromatic amines is 1. The molecule has 45 heavy (non-hydrogen) atoms. The SMILES string of the molecule is CCCCc1nc2c(n1Cc1ccc(-c3ccccc3)c(-c3nnn[nH]3)c1)C1C(O)=C(c3ccc(Cl)cc3)C(=O)N1CC2.[NaH].[NaH]. The first-order valence-corrected chi connectivity index (χ1v) is 14.9. The molecular weight excluding hydrogens is 608 g/mol. The van der Waals surface area contributed by atoms with Crippen LogP contribution in [0.3, 0.4) is 0 Å². The molecule has 220 valence electrons. The van der Waals surface area contributed by atoms with Gasteiger partial charge in [-0.25, -0.2) is 10.1 Å². The van der Waals surface area contributed by atoms with Gasteiger partial charge in [0.1, 0.15) is 17.6 Å². The number of tetrazole rings is 1. The average Bonchev–Trinajstić information content (AvgIpc) is 3.75. The Morgan fingerprint density at radius 2 is 1.78 bits per heavy atom. The number of halogens is 1. The zero-order chi connectivity index (χ0) is 29.5. The first kappa shape index (κ1) is 33.6. The average molecular weight is 640 g/mol. The van der Waals surface area contributed by atoms with Crippen molar-refractivity contribution in [1.29, 1.82) is 0 Å². The third-order valence-corrected chi connectivity index (χ3v) is 8.56. The molecule has 1 atom stereocenters. The number of aliphatic hydroxyl groups is 1. The van der Waals surface area contributed by atoms with Crippen molar-refractivity contribution in [3.05, 3.63) is 112 Å². The molecule has 0 spiro atoms. The fourth-order valence-electron chi connectivity index (χ4n) is 6.25. The van der Waals surface area contributed by atoms with E-state index >= 15 is 0 Å². The minimum atomic E-state index is -0.591. The van der Waals surface area contributed by atoms with Crippen LogP contribution < -0.4 is 0 Å². The molecule has 2 aliphatic heterocycles. The number of carbonyl (C=O) groups excluding carboxylic acids is 1. The van der Waals surface area contributed by atoms with Gasteiger partial charge in [0.15, 0.2) is 5.82 Å². The van der Waals surface area contributed by atoms with Gasteiger partial charge in [0.05, 0.1) is 17.0 Å². The summed E-state index contributed by atoms with van der Waals surface area (Å²) in [7, 11) is 0. The molecule has 9 nitrogen and oxygen atoms in total. The summed E-state index contributed by atoms with van der Waals surface area (Å²) < 4.78 is 2.20. The summed E-state index contributed by atoms with van der Waals surface area (Å²) in [6.07, 6.45) is 3.46. The Bertz CT molecular complexity index is 1840. The molecule has 2 aromatic heterocycles. The van der Waals surface area contributed by atoms with E-state index in [0.717, 1.165) is 58.7 Å². The number of nitrogens with zero attached hydrogens (tertiary/aromatic N) is 6. The molecule has 0 radical (unpaired) electrons. The van der Waals surface area contributed by atoms with Gasteiger partial charge in [-0.1, -0.05) is 79.5 Å². The van der Waals surface area contributed by atoms with Gasteiger partial charge in [-0.2, -0.15) is 0 Å². The molecular formula is C33H32ClN7Na2O2. The molecule has 2 N–H and O–H groups in total. The van der Waals surface area contributed by atoms with E-state index in [-0.39, 0.29) is 70.8 Å². The van der Waals surface area contributed by atoms with E-state index in [1.54, 1.807) is 29.2 Å². The standard InChI is InChI=1S/C33H30ClN7O2.2Na.2H/c1-2-3-9-27-35-26-16-17-40-30(31(42)28(33(40)43)22-11-13-23(34)14-12-22)29(26)41(27)19-20-10-15-24(21-7-5-4-6-8-21)25(18-20)32-36-38-39-37-32;;;;/h4-8,10-15,18,30,42H,2-3,9,16-17,19H2,1H3,(H,36,37,38,39);;;;. The number of fused-ring (bicyclic) bond motifs is 3. The molecule has 0 bridgehead atoms. The van der Waals surface area contributed by atoms with E-state index in [9.17, 15) is 9.90 Å². The van der Waals surface area contributed by atoms with Crippen LogP contribution in [0.15, 0.2) is 78.6 Å². The number of benzene rings is 3. The Morgan fingerprint density at radius 1 is 1.00 bits per heavy atom. The van der Waals surface area contributed by atoms with E-state index in [1.165, 1.54) is 0 Å². The maximum atomic E-state index is 13.7. The third-order valence-electron chi connectivity index (χ3n) is 8.31. The summed E-state index contributed by atoms with van der Waals surface area (Å²) in [5.74, 6) is 1.43. The second kappa shape index (κ2) is 14.3. The summed E-state index contributed by atoms with van der Waals surface area (Å²) in [5, 5.41) is 27.0. The van der Waals surface area contributed by atoms with Crippen LogP contribution in [-0.4, -0.2) is 112 Å². The molecule has 4 heterocycles. The Hall–Kier alpha value is -2.76. The molecule has 0 aliphatic carbocycles. The summed E-state index contributed by atoms with van der Waals surface area (Å²) in [6, 6.07) is 22.9. The van der Waals surface area contributed by atoms with Crippen molar-refractivity contribution < 1.29 is 9.90 Å². The number of rotatable bonds is 8. The normalized spacial score (nSPS) is 15.4.